The van der Waals surface area contributed by atoms with E-state index in [1.54, 1.807) is 23.1 Å². The summed E-state index contributed by atoms with van der Waals surface area (Å²) in [6.07, 6.45) is 3.07. The van der Waals surface area contributed by atoms with Gasteiger partial charge in [-0.25, -0.2) is 9.67 Å². The van der Waals surface area contributed by atoms with Crippen molar-refractivity contribution in [3.63, 3.8) is 0 Å². The maximum absolute atomic E-state index is 7.39. The van der Waals surface area contributed by atoms with Gasteiger partial charge in [0.2, 0.25) is 5.88 Å². The van der Waals surface area contributed by atoms with Crippen molar-refractivity contribution in [3.05, 3.63) is 60.6 Å². The van der Waals surface area contributed by atoms with Crippen LogP contribution < -0.4 is 10.5 Å². The summed E-state index contributed by atoms with van der Waals surface area (Å²) in [5.74, 6) is 0.235. The van der Waals surface area contributed by atoms with Crippen molar-refractivity contribution in [1.82, 2.24) is 19.7 Å². The molecule has 0 unspecified atom stereocenters. The van der Waals surface area contributed by atoms with Crippen LogP contribution in [0.5, 0.6) is 11.9 Å². The van der Waals surface area contributed by atoms with Gasteiger partial charge < -0.3 is 10.5 Å². The van der Waals surface area contributed by atoms with Crippen LogP contribution in [0.4, 0.5) is 0 Å². The fraction of sp³-hybridized carbons (Fsp3) is 0. The van der Waals surface area contributed by atoms with Crippen LogP contribution in [0.1, 0.15) is 5.56 Å². The molecule has 0 spiro atoms. The molecule has 0 atom stereocenters. The highest BCUT2D eigenvalue weighted by atomic mass is 16.5. The highest BCUT2D eigenvalue weighted by Gasteiger charge is 2.07. The van der Waals surface area contributed by atoms with Gasteiger partial charge in [0, 0.05) is 17.8 Å². The molecule has 2 heterocycles. The Bertz CT molecular complexity index is 768. The van der Waals surface area contributed by atoms with Gasteiger partial charge in [0.15, 0.2) is 0 Å². The van der Waals surface area contributed by atoms with Crippen LogP contribution in [0, 0.1) is 5.41 Å². The van der Waals surface area contributed by atoms with Crippen LogP contribution in [0.15, 0.2) is 55.0 Å². The van der Waals surface area contributed by atoms with E-state index in [9.17, 15) is 0 Å². The molecule has 0 fully saturated rings. The number of rotatable bonds is 4. The maximum Gasteiger partial charge on any atom is 0.342 e. The van der Waals surface area contributed by atoms with E-state index in [-0.39, 0.29) is 17.7 Å². The van der Waals surface area contributed by atoms with E-state index in [4.69, 9.17) is 15.9 Å². The molecule has 0 amide bonds. The molecule has 0 saturated carbocycles. The van der Waals surface area contributed by atoms with E-state index < -0.39 is 0 Å². The first-order valence-electron chi connectivity index (χ1n) is 6.18. The fourth-order valence-corrected chi connectivity index (χ4v) is 1.73. The summed E-state index contributed by atoms with van der Waals surface area (Å²) >= 11 is 0. The lowest BCUT2D eigenvalue weighted by Crippen LogP contribution is -2.11. The summed E-state index contributed by atoms with van der Waals surface area (Å²) < 4.78 is 7.07. The number of para-hydroxylation sites is 1. The molecule has 0 aliphatic heterocycles. The number of aromatic nitrogens is 4. The van der Waals surface area contributed by atoms with Crippen LogP contribution in [0.25, 0.3) is 5.69 Å². The zero-order valence-corrected chi connectivity index (χ0v) is 11.0. The lowest BCUT2D eigenvalue weighted by molar-refractivity contribution is 0.424. The predicted molar refractivity (Wildman–Crippen MR) is 76.7 cm³/mol. The van der Waals surface area contributed by atoms with Crippen LogP contribution in [0.2, 0.25) is 0 Å². The molecule has 0 bridgehead atoms. The molecule has 1 aromatic carbocycles. The second-order valence-corrected chi connectivity index (χ2v) is 4.21. The van der Waals surface area contributed by atoms with Gasteiger partial charge in [-0.3, -0.25) is 5.41 Å². The van der Waals surface area contributed by atoms with Crippen LogP contribution in [-0.4, -0.2) is 25.6 Å². The van der Waals surface area contributed by atoms with Crippen LogP contribution in [0.3, 0.4) is 0 Å². The first kappa shape index (κ1) is 12.8. The molecule has 104 valence electrons. The number of hydrogen-bond donors (Lipinski definition) is 2. The van der Waals surface area contributed by atoms with Gasteiger partial charge in [-0.05, 0) is 18.2 Å². The van der Waals surface area contributed by atoms with Gasteiger partial charge in [-0.1, -0.05) is 18.2 Å². The van der Waals surface area contributed by atoms with E-state index in [0.717, 1.165) is 5.69 Å². The van der Waals surface area contributed by atoms with Gasteiger partial charge in [0.1, 0.15) is 12.2 Å². The number of nitrogens with two attached hydrogens (primary N) is 1. The molecule has 0 aliphatic rings. The molecule has 2 aromatic heterocycles. The topological polar surface area (TPSA) is 103 Å². The lowest BCUT2D eigenvalue weighted by atomic mass is 10.2. The predicted octanol–water partition coefficient (Wildman–Crippen LogP) is 1.74. The second kappa shape index (κ2) is 5.41. The van der Waals surface area contributed by atoms with E-state index in [0.29, 0.717) is 5.56 Å². The number of ether oxygens (including phenoxy) is 1. The SMILES string of the molecule is N=C(N)c1ccnc(Oc2ncn(-c3ccccc3)n2)c1. The van der Waals surface area contributed by atoms with Gasteiger partial charge >= 0.3 is 6.01 Å². The van der Waals surface area contributed by atoms with Crippen molar-refractivity contribution in [2.45, 2.75) is 0 Å². The highest BCUT2D eigenvalue weighted by Crippen LogP contribution is 2.16. The zero-order chi connectivity index (χ0) is 14.7. The Morgan fingerprint density at radius 1 is 1.14 bits per heavy atom. The van der Waals surface area contributed by atoms with Crippen molar-refractivity contribution in [1.29, 1.82) is 5.41 Å². The Labute approximate surface area is 120 Å². The number of benzene rings is 1. The third-order valence-corrected chi connectivity index (χ3v) is 2.73. The first-order chi connectivity index (χ1) is 10.2. The summed E-state index contributed by atoms with van der Waals surface area (Å²) in [5.41, 5.74) is 6.83. The Hall–Kier alpha value is -3.22. The van der Waals surface area contributed by atoms with Crippen molar-refractivity contribution in [3.8, 4) is 17.6 Å². The van der Waals surface area contributed by atoms with Crippen molar-refractivity contribution >= 4 is 5.84 Å². The van der Waals surface area contributed by atoms with E-state index >= 15 is 0 Å². The smallest absolute Gasteiger partial charge is 0.342 e. The Balaban J connectivity index is 1.82. The molecule has 3 N–H and O–H groups in total. The van der Waals surface area contributed by atoms with Gasteiger partial charge in [-0.15, -0.1) is 5.10 Å². The third kappa shape index (κ3) is 2.86. The molecule has 0 saturated heterocycles. The largest absolute Gasteiger partial charge is 0.404 e. The second-order valence-electron chi connectivity index (χ2n) is 4.21. The molecule has 7 heteroatoms. The zero-order valence-electron chi connectivity index (χ0n) is 11.0. The summed E-state index contributed by atoms with van der Waals surface area (Å²) in [6.45, 7) is 0. The number of pyridine rings is 1. The molecule has 0 aliphatic carbocycles. The number of nitrogens with zero attached hydrogens (tertiary/aromatic N) is 4. The van der Waals surface area contributed by atoms with Crippen molar-refractivity contribution < 1.29 is 4.74 Å². The standard InChI is InChI=1S/C14H12N6O/c15-13(16)10-6-7-17-12(8-10)21-14-18-9-20(19-14)11-4-2-1-3-5-11/h1-9H,(H3,15,16). The molecule has 7 nitrogen and oxygen atoms in total. The van der Waals surface area contributed by atoms with Crippen LogP contribution in [-0.2, 0) is 0 Å². The van der Waals surface area contributed by atoms with Crippen LogP contribution >= 0.6 is 0 Å². The average molecular weight is 280 g/mol. The minimum atomic E-state index is -0.0509. The van der Waals surface area contributed by atoms with E-state index in [1.165, 1.54) is 6.20 Å². The molecule has 3 rings (SSSR count). The lowest BCUT2D eigenvalue weighted by Gasteiger charge is -2.02. The monoisotopic (exact) mass is 280 g/mol. The minimum Gasteiger partial charge on any atom is -0.404 e. The Morgan fingerprint density at radius 3 is 2.71 bits per heavy atom. The highest BCUT2D eigenvalue weighted by molar-refractivity contribution is 5.95. The minimum absolute atomic E-state index is 0.0509. The number of amidine groups is 1. The third-order valence-electron chi connectivity index (χ3n) is 2.73. The van der Waals surface area contributed by atoms with Crippen molar-refractivity contribution in [2.24, 2.45) is 5.73 Å². The number of nitrogens with one attached hydrogen (secondary N) is 1. The Kier molecular flexibility index (Phi) is 3.30. The number of nitrogen functional groups attached to an aromatic ring is 1. The molecular formula is C14H12N6O. The maximum atomic E-state index is 7.39. The van der Waals surface area contributed by atoms with E-state index in [2.05, 4.69) is 15.1 Å². The average Bonchev–Trinajstić information content (AvgIpc) is 2.97. The van der Waals surface area contributed by atoms with E-state index in [1.807, 2.05) is 30.3 Å². The molecular weight excluding hydrogens is 268 g/mol. The van der Waals surface area contributed by atoms with Crippen molar-refractivity contribution in [2.75, 3.05) is 0 Å². The quantitative estimate of drug-likeness (QED) is 0.559. The van der Waals surface area contributed by atoms with Gasteiger partial charge in [0.05, 0.1) is 5.69 Å². The summed E-state index contributed by atoms with van der Waals surface area (Å²) in [7, 11) is 0. The van der Waals surface area contributed by atoms with Gasteiger partial charge in [0.25, 0.3) is 0 Å². The van der Waals surface area contributed by atoms with Gasteiger partial charge in [-0.2, -0.15) is 4.98 Å². The Morgan fingerprint density at radius 2 is 1.95 bits per heavy atom. The molecule has 3 aromatic rings. The molecule has 0 radical (unpaired) electrons. The summed E-state index contributed by atoms with van der Waals surface area (Å²) in [6, 6.07) is 12.9. The fourth-order valence-electron chi connectivity index (χ4n) is 1.73. The molecule has 21 heavy (non-hydrogen) atoms. The normalized spacial score (nSPS) is 10.3. The number of hydrogen-bond acceptors (Lipinski definition) is 5. The summed E-state index contributed by atoms with van der Waals surface area (Å²) in [4.78, 5) is 8.10. The first-order valence-corrected chi connectivity index (χ1v) is 6.18. The summed E-state index contributed by atoms with van der Waals surface area (Å²) in [5, 5.41) is 11.6.